The Hall–Kier alpha value is -1.91. The number of aromatic nitrogens is 1. The highest BCUT2D eigenvalue weighted by molar-refractivity contribution is 8.01. The van der Waals surface area contributed by atoms with E-state index in [-0.39, 0.29) is 28.4 Å². The Bertz CT molecular complexity index is 1030. The summed E-state index contributed by atoms with van der Waals surface area (Å²) in [6, 6.07) is 6.59. The van der Waals surface area contributed by atoms with Crippen LogP contribution in [0.15, 0.2) is 39.6 Å². The third-order valence-corrected chi connectivity index (χ3v) is 8.63. The van der Waals surface area contributed by atoms with Crippen LogP contribution < -0.4 is 5.32 Å². The van der Waals surface area contributed by atoms with Gasteiger partial charge >= 0.3 is 5.97 Å². The van der Waals surface area contributed by atoms with E-state index in [1.807, 2.05) is 0 Å². The van der Waals surface area contributed by atoms with Gasteiger partial charge in [0.1, 0.15) is 0 Å². The fourth-order valence-electron chi connectivity index (χ4n) is 3.83. The van der Waals surface area contributed by atoms with Crippen LogP contribution in [0.5, 0.6) is 0 Å². The molecule has 1 saturated carbocycles. The topological polar surface area (TPSA) is 102 Å². The summed E-state index contributed by atoms with van der Waals surface area (Å²) in [6.45, 7) is 2.11. The van der Waals surface area contributed by atoms with Crippen molar-refractivity contribution in [1.82, 2.24) is 4.98 Å². The number of carbonyl (C=O) groups is 2. The molecule has 1 atom stereocenters. The average Bonchev–Trinajstić information content (AvgIpc) is 3.42. The van der Waals surface area contributed by atoms with Crippen molar-refractivity contribution in [2.45, 2.75) is 54.1 Å². The fourth-order valence-corrected chi connectivity index (χ4v) is 6.13. The number of amides is 1. The van der Waals surface area contributed by atoms with Gasteiger partial charge in [0.25, 0.3) is 0 Å². The number of anilines is 1. The molecular weight excluding hydrogens is 468 g/mol. The second-order valence-corrected chi connectivity index (χ2v) is 12.2. The van der Waals surface area contributed by atoms with E-state index in [4.69, 9.17) is 4.74 Å². The maximum absolute atomic E-state index is 13.2. The highest BCUT2D eigenvalue weighted by Gasteiger charge is 2.27. The molecule has 174 valence electrons. The van der Waals surface area contributed by atoms with Gasteiger partial charge in [-0.1, -0.05) is 49.2 Å². The average molecular weight is 497 g/mol. The molecule has 7 nitrogen and oxygen atoms in total. The quantitative estimate of drug-likeness (QED) is 0.381. The van der Waals surface area contributed by atoms with E-state index in [1.54, 1.807) is 37.4 Å². The Balaban J connectivity index is 1.70. The number of ether oxygens (including phenoxy) is 1. The molecule has 1 aromatic heterocycles. The summed E-state index contributed by atoms with van der Waals surface area (Å²) in [5.74, 6) is -0.148. The van der Waals surface area contributed by atoms with Gasteiger partial charge in [0.2, 0.25) is 5.91 Å². The number of thioether (sulfide) groups is 1. The molecule has 32 heavy (non-hydrogen) atoms. The van der Waals surface area contributed by atoms with Crippen molar-refractivity contribution in [3.63, 3.8) is 0 Å². The summed E-state index contributed by atoms with van der Waals surface area (Å²) >= 11 is 2.64. The lowest BCUT2D eigenvalue weighted by molar-refractivity contribution is -0.139. The largest absolute Gasteiger partial charge is 0.465 e. The summed E-state index contributed by atoms with van der Waals surface area (Å²) in [5.41, 5.74) is 0.801. The maximum atomic E-state index is 13.2. The van der Waals surface area contributed by atoms with E-state index in [2.05, 4.69) is 10.3 Å². The van der Waals surface area contributed by atoms with Gasteiger partial charge in [-0.05, 0) is 37.0 Å². The molecule has 0 saturated heterocycles. The predicted octanol–water partition coefficient (Wildman–Crippen LogP) is 4.50. The molecule has 10 heteroatoms. The molecule has 0 radical (unpaired) electrons. The summed E-state index contributed by atoms with van der Waals surface area (Å²) in [6.07, 6.45) is 8.11. The van der Waals surface area contributed by atoms with Gasteiger partial charge in [-0.25, -0.2) is 13.4 Å². The molecule has 0 spiro atoms. The van der Waals surface area contributed by atoms with Crippen LogP contribution in [0, 0.1) is 5.92 Å². The Labute approximate surface area is 197 Å². The third kappa shape index (κ3) is 7.05. The lowest BCUT2D eigenvalue weighted by Gasteiger charge is -2.20. The van der Waals surface area contributed by atoms with E-state index in [0.29, 0.717) is 17.7 Å². The van der Waals surface area contributed by atoms with E-state index in [9.17, 15) is 18.0 Å². The fraction of sp³-hybridized carbons (Fsp3) is 0.500. The molecule has 0 aliphatic heterocycles. The molecule has 0 bridgehead atoms. The zero-order valence-corrected chi connectivity index (χ0v) is 20.7. The number of sulfone groups is 1. The van der Waals surface area contributed by atoms with Crippen molar-refractivity contribution in [2.24, 2.45) is 5.92 Å². The molecule has 1 heterocycles. The summed E-state index contributed by atoms with van der Waals surface area (Å²) in [7, 11) is -3.29. The monoisotopic (exact) mass is 496 g/mol. The number of thiazole rings is 1. The number of benzene rings is 1. The number of nitrogens with zero attached hydrogens (tertiary/aromatic N) is 1. The Kier molecular flexibility index (Phi) is 8.72. The van der Waals surface area contributed by atoms with Crippen molar-refractivity contribution < 1.29 is 22.7 Å². The second kappa shape index (κ2) is 11.3. The predicted molar refractivity (Wildman–Crippen MR) is 127 cm³/mol. The van der Waals surface area contributed by atoms with E-state index >= 15 is 0 Å². The van der Waals surface area contributed by atoms with E-state index in [0.717, 1.165) is 29.0 Å². The number of carbonyl (C=O) groups excluding carboxylic acids is 2. The van der Waals surface area contributed by atoms with Gasteiger partial charge in [-0.3, -0.25) is 9.59 Å². The SMILES string of the molecule is CCOC(=O)CSc1cnc(NC(=O)C(CC2CCCC2)c2ccc(S(C)(=O)=O)cc2)s1. The third-order valence-electron chi connectivity index (χ3n) is 5.42. The van der Waals surface area contributed by atoms with Gasteiger partial charge in [0.15, 0.2) is 15.0 Å². The van der Waals surface area contributed by atoms with Crippen molar-refractivity contribution in [3.05, 3.63) is 36.0 Å². The van der Waals surface area contributed by atoms with Crippen LogP contribution in [0.25, 0.3) is 0 Å². The minimum atomic E-state index is -3.29. The first-order chi connectivity index (χ1) is 15.3. The number of hydrogen-bond donors (Lipinski definition) is 1. The van der Waals surface area contributed by atoms with Crippen molar-refractivity contribution >= 4 is 49.9 Å². The smallest absolute Gasteiger partial charge is 0.316 e. The normalized spacial score (nSPS) is 15.4. The summed E-state index contributed by atoms with van der Waals surface area (Å²) < 4.78 is 29.3. The molecule has 1 aliphatic carbocycles. The van der Waals surface area contributed by atoms with Crippen LogP contribution >= 0.6 is 23.1 Å². The number of nitrogens with one attached hydrogen (secondary N) is 1. The Morgan fingerprint density at radius 2 is 1.94 bits per heavy atom. The van der Waals surface area contributed by atoms with Crippen LogP contribution in [0.3, 0.4) is 0 Å². The van der Waals surface area contributed by atoms with Crippen LogP contribution in [-0.4, -0.2) is 43.9 Å². The first kappa shape index (κ1) is 24.7. The standard InChI is InChI=1S/C22H28N2O5S3/c1-3-29-19(25)14-30-20-13-23-22(31-20)24-21(26)18(12-15-6-4-5-7-15)16-8-10-17(11-9-16)32(2,27)28/h8-11,13,15,18H,3-7,12,14H2,1-2H3,(H,23,24,26). The highest BCUT2D eigenvalue weighted by atomic mass is 32.2. The van der Waals surface area contributed by atoms with Crippen LogP contribution in [0.2, 0.25) is 0 Å². The molecular formula is C22H28N2O5S3. The van der Waals surface area contributed by atoms with Crippen molar-refractivity contribution in [2.75, 3.05) is 23.9 Å². The maximum Gasteiger partial charge on any atom is 0.316 e. The van der Waals surface area contributed by atoms with Crippen molar-refractivity contribution in [3.8, 4) is 0 Å². The zero-order valence-electron chi connectivity index (χ0n) is 18.2. The zero-order chi connectivity index (χ0) is 23.1. The number of rotatable bonds is 10. The van der Waals surface area contributed by atoms with Gasteiger partial charge in [0, 0.05) is 6.26 Å². The molecule has 1 unspecified atom stereocenters. The molecule has 1 aromatic carbocycles. The highest BCUT2D eigenvalue weighted by Crippen LogP contribution is 2.36. The molecule has 1 aliphatic rings. The first-order valence-corrected chi connectivity index (χ1v) is 14.3. The molecule has 1 amide bonds. The summed E-state index contributed by atoms with van der Waals surface area (Å²) in [4.78, 5) is 29.2. The van der Waals surface area contributed by atoms with E-state index in [1.165, 1.54) is 42.2 Å². The number of esters is 1. The van der Waals surface area contributed by atoms with Crippen LogP contribution in [0.1, 0.15) is 50.5 Å². The molecule has 2 aromatic rings. The van der Waals surface area contributed by atoms with Crippen molar-refractivity contribution in [1.29, 1.82) is 0 Å². The van der Waals surface area contributed by atoms with Gasteiger partial charge < -0.3 is 10.1 Å². The number of hydrogen-bond acceptors (Lipinski definition) is 8. The lowest BCUT2D eigenvalue weighted by atomic mass is 9.87. The first-order valence-electron chi connectivity index (χ1n) is 10.6. The van der Waals surface area contributed by atoms with Gasteiger partial charge in [0.05, 0.1) is 33.6 Å². The van der Waals surface area contributed by atoms with Gasteiger partial charge in [-0.15, -0.1) is 11.8 Å². The minimum absolute atomic E-state index is 0.153. The second-order valence-electron chi connectivity index (χ2n) is 7.85. The van der Waals surface area contributed by atoms with Crippen LogP contribution in [-0.2, 0) is 24.2 Å². The summed E-state index contributed by atoms with van der Waals surface area (Å²) in [5, 5.41) is 3.39. The van der Waals surface area contributed by atoms with Gasteiger partial charge in [-0.2, -0.15) is 0 Å². The Morgan fingerprint density at radius 1 is 1.25 bits per heavy atom. The molecule has 3 rings (SSSR count). The van der Waals surface area contributed by atoms with E-state index < -0.39 is 9.84 Å². The Morgan fingerprint density at radius 3 is 2.56 bits per heavy atom. The minimum Gasteiger partial charge on any atom is -0.465 e. The molecule has 1 fully saturated rings. The van der Waals surface area contributed by atoms with Crippen LogP contribution in [0.4, 0.5) is 5.13 Å². The lowest BCUT2D eigenvalue weighted by Crippen LogP contribution is -2.23. The molecule has 1 N–H and O–H groups in total.